The Kier molecular flexibility index (Phi) is 3.26. The van der Waals surface area contributed by atoms with Gasteiger partial charge in [-0.25, -0.2) is 8.42 Å². The normalized spacial score (nSPS) is 16.1. The molecule has 1 aliphatic carbocycles. The van der Waals surface area contributed by atoms with Crippen molar-refractivity contribution in [2.24, 2.45) is 5.92 Å². The zero-order valence-electron chi connectivity index (χ0n) is 9.03. The van der Waals surface area contributed by atoms with E-state index in [2.05, 4.69) is 20.7 Å². The lowest BCUT2D eigenvalue weighted by Gasteiger charge is -2.10. The summed E-state index contributed by atoms with van der Waals surface area (Å²) in [5.41, 5.74) is 1.58. The zero-order chi connectivity index (χ0) is 11.8. The van der Waals surface area contributed by atoms with Crippen molar-refractivity contribution in [3.05, 3.63) is 28.2 Å². The first-order valence-corrected chi connectivity index (χ1v) is 7.68. The summed E-state index contributed by atoms with van der Waals surface area (Å²) in [4.78, 5) is 0. The average Bonchev–Trinajstić information content (AvgIpc) is 2.95. The van der Waals surface area contributed by atoms with Crippen molar-refractivity contribution in [1.82, 2.24) is 0 Å². The van der Waals surface area contributed by atoms with Crippen LogP contribution in [0.1, 0.15) is 18.4 Å². The molecule has 0 radical (unpaired) electrons. The molecule has 1 aliphatic rings. The van der Waals surface area contributed by atoms with E-state index < -0.39 is 10.0 Å². The molecule has 88 valence electrons. The van der Waals surface area contributed by atoms with Gasteiger partial charge < -0.3 is 0 Å². The van der Waals surface area contributed by atoms with Gasteiger partial charge in [0.15, 0.2) is 0 Å². The Labute approximate surface area is 104 Å². The van der Waals surface area contributed by atoms with E-state index in [0.29, 0.717) is 11.6 Å². The van der Waals surface area contributed by atoms with Crippen LogP contribution in [0, 0.1) is 12.8 Å². The van der Waals surface area contributed by atoms with Crippen LogP contribution in [0.5, 0.6) is 0 Å². The third-order valence-electron chi connectivity index (χ3n) is 2.69. The Morgan fingerprint density at radius 1 is 1.44 bits per heavy atom. The highest BCUT2D eigenvalue weighted by Crippen LogP contribution is 2.31. The number of hydrogen-bond acceptors (Lipinski definition) is 2. The van der Waals surface area contributed by atoms with E-state index in [-0.39, 0.29) is 5.75 Å². The number of sulfonamides is 1. The Balaban J connectivity index is 2.16. The second-order valence-corrected chi connectivity index (χ2v) is 6.86. The quantitative estimate of drug-likeness (QED) is 0.929. The SMILES string of the molecule is Cc1c(Br)cccc1NS(=O)(=O)CC1CC1. The Bertz CT molecular complexity index is 495. The molecule has 1 fully saturated rings. The largest absolute Gasteiger partial charge is 0.283 e. The maximum Gasteiger partial charge on any atom is 0.233 e. The molecule has 0 saturated heterocycles. The first kappa shape index (κ1) is 11.9. The van der Waals surface area contributed by atoms with Gasteiger partial charge in [-0.05, 0) is 43.4 Å². The second-order valence-electron chi connectivity index (χ2n) is 4.24. The fourth-order valence-corrected chi connectivity index (χ4v) is 3.48. The Morgan fingerprint density at radius 3 is 2.75 bits per heavy atom. The predicted molar refractivity (Wildman–Crippen MR) is 69.0 cm³/mol. The minimum Gasteiger partial charge on any atom is -0.283 e. The average molecular weight is 304 g/mol. The molecule has 0 amide bonds. The van der Waals surface area contributed by atoms with Gasteiger partial charge in [0.1, 0.15) is 0 Å². The van der Waals surface area contributed by atoms with Gasteiger partial charge in [0.2, 0.25) is 10.0 Å². The molecule has 0 bridgehead atoms. The van der Waals surface area contributed by atoms with Crippen molar-refractivity contribution in [3.63, 3.8) is 0 Å². The molecule has 0 unspecified atom stereocenters. The topological polar surface area (TPSA) is 46.2 Å². The van der Waals surface area contributed by atoms with Gasteiger partial charge in [-0.1, -0.05) is 22.0 Å². The molecule has 0 spiro atoms. The van der Waals surface area contributed by atoms with Crippen molar-refractivity contribution in [3.8, 4) is 0 Å². The lowest BCUT2D eigenvalue weighted by atomic mass is 10.2. The number of rotatable bonds is 4. The molecule has 5 heteroatoms. The highest BCUT2D eigenvalue weighted by Gasteiger charge is 2.28. The highest BCUT2D eigenvalue weighted by molar-refractivity contribution is 9.10. The fourth-order valence-electron chi connectivity index (χ4n) is 1.52. The van der Waals surface area contributed by atoms with Crippen LogP contribution in [0.2, 0.25) is 0 Å². The molecular formula is C11H14BrNO2S. The van der Waals surface area contributed by atoms with E-state index in [1.807, 2.05) is 19.1 Å². The highest BCUT2D eigenvalue weighted by atomic mass is 79.9. The Morgan fingerprint density at radius 2 is 2.12 bits per heavy atom. The van der Waals surface area contributed by atoms with Crippen LogP contribution in [-0.2, 0) is 10.0 Å². The van der Waals surface area contributed by atoms with Crippen LogP contribution in [0.4, 0.5) is 5.69 Å². The summed E-state index contributed by atoms with van der Waals surface area (Å²) in [7, 11) is -3.18. The number of nitrogens with one attached hydrogen (secondary N) is 1. The number of benzene rings is 1. The standard InChI is InChI=1S/C11H14BrNO2S/c1-8-10(12)3-2-4-11(8)13-16(14,15)7-9-5-6-9/h2-4,9,13H,5-7H2,1H3. The van der Waals surface area contributed by atoms with E-state index in [0.717, 1.165) is 22.9 Å². The molecule has 2 rings (SSSR count). The summed E-state index contributed by atoms with van der Waals surface area (Å²) in [5.74, 6) is 0.615. The molecule has 1 saturated carbocycles. The van der Waals surface area contributed by atoms with Crippen molar-refractivity contribution < 1.29 is 8.42 Å². The summed E-state index contributed by atoms with van der Waals surface area (Å²) in [6.45, 7) is 1.89. The van der Waals surface area contributed by atoms with E-state index >= 15 is 0 Å². The third-order valence-corrected chi connectivity index (χ3v) is 4.99. The summed E-state index contributed by atoms with van der Waals surface area (Å²) < 4.78 is 27.1. The van der Waals surface area contributed by atoms with Gasteiger partial charge in [0.05, 0.1) is 11.4 Å². The first-order valence-electron chi connectivity index (χ1n) is 5.23. The molecule has 1 aromatic carbocycles. The van der Waals surface area contributed by atoms with Crippen LogP contribution in [-0.4, -0.2) is 14.2 Å². The van der Waals surface area contributed by atoms with Gasteiger partial charge in [0.25, 0.3) is 0 Å². The lowest BCUT2D eigenvalue weighted by Crippen LogP contribution is -2.18. The molecule has 0 aromatic heterocycles. The molecule has 16 heavy (non-hydrogen) atoms. The van der Waals surface area contributed by atoms with E-state index in [9.17, 15) is 8.42 Å². The maximum absolute atomic E-state index is 11.8. The third kappa shape index (κ3) is 2.98. The van der Waals surface area contributed by atoms with Crippen LogP contribution in [0.3, 0.4) is 0 Å². The summed E-state index contributed by atoms with van der Waals surface area (Å²) >= 11 is 3.38. The van der Waals surface area contributed by atoms with Crippen molar-refractivity contribution >= 4 is 31.6 Å². The monoisotopic (exact) mass is 303 g/mol. The number of anilines is 1. The molecule has 3 nitrogen and oxygen atoms in total. The van der Waals surface area contributed by atoms with E-state index in [1.54, 1.807) is 6.07 Å². The minimum absolute atomic E-state index is 0.249. The van der Waals surface area contributed by atoms with Crippen LogP contribution in [0.25, 0.3) is 0 Å². The second kappa shape index (κ2) is 4.37. The zero-order valence-corrected chi connectivity index (χ0v) is 11.4. The van der Waals surface area contributed by atoms with Gasteiger partial charge in [-0.15, -0.1) is 0 Å². The number of hydrogen-bond donors (Lipinski definition) is 1. The van der Waals surface area contributed by atoms with E-state index in [4.69, 9.17) is 0 Å². The van der Waals surface area contributed by atoms with Crippen molar-refractivity contribution in [1.29, 1.82) is 0 Å². The maximum atomic E-state index is 11.8. The van der Waals surface area contributed by atoms with E-state index in [1.165, 1.54) is 0 Å². The molecule has 0 heterocycles. The van der Waals surface area contributed by atoms with Crippen LogP contribution in [0.15, 0.2) is 22.7 Å². The smallest absolute Gasteiger partial charge is 0.233 e. The van der Waals surface area contributed by atoms with Gasteiger partial charge >= 0.3 is 0 Å². The minimum atomic E-state index is -3.18. The molecule has 0 aliphatic heterocycles. The van der Waals surface area contributed by atoms with Crippen molar-refractivity contribution in [2.75, 3.05) is 10.5 Å². The molecular weight excluding hydrogens is 290 g/mol. The lowest BCUT2D eigenvalue weighted by molar-refractivity contribution is 0.597. The van der Waals surface area contributed by atoms with Gasteiger partial charge in [0, 0.05) is 4.47 Å². The van der Waals surface area contributed by atoms with Crippen LogP contribution < -0.4 is 4.72 Å². The predicted octanol–water partition coefficient (Wildman–Crippen LogP) is 2.91. The molecule has 1 aromatic rings. The Hall–Kier alpha value is -0.550. The first-order chi connectivity index (χ1) is 7.48. The summed E-state index contributed by atoms with van der Waals surface area (Å²) in [6, 6.07) is 5.50. The molecule has 0 atom stereocenters. The fraction of sp³-hybridized carbons (Fsp3) is 0.455. The van der Waals surface area contributed by atoms with Crippen LogP contribution >= 0.6 is 15.9 Å². The van der Waals surface area contributed by atoms with Crippen molar-refractivity contribution in [2.45, 2.75) is 19.8 Å². The number of halogens is 1. The van der Waals surface area contributed by atoms with Gasteiger partial charge in [-0.2, -0.15) is 0 Å². The molecule has 1 N–H and O–H groups in total. The summed E-state index contributed by atoms with van der Waals surface area (Å²) in [6.07, 6.45) is 2.08. The van der Waals surface area contributed by atoms with Gasteiger partial charge in [-0.3, -0.25) is 4.72 Å². The summed E-state index contributed by atoms with van der Waals surface area (Å²) in [5, 5.41) is 0.